The van der Waals surface area contributed by atoms with Crippen LogP contribution >= 0.6 is 0 Å². The highest BCUT2D eigenvalue weighted by Crippen LogP contribution is 2.32. The number of rotatable bonds is 4. The van der Waals surface area contributed by atoms with Crippen molar-refractivity contribution in [1.29, 1.82) is 0 Å². The lowest BCUT2D eigenvalue weighted by molar-refractivity contribution is 0.201. The highest BCUT2D eigenvalue weighted by Gasteiger charge is 2.29. The standard InChI is InChI=1S/C18H27N5/c1-2-22-11-5-8-17(22)23-16(12-14-6-3-9-19-13-14)21-15-7-4-10-20-18(15)23/h4,7,10,14,17,19H,2-3,5-6,8-9,11-13H2,1H3. The average molecular weight is 313 g/mol. The molecule has 2 aromatic heterocycles. The minimum absolute atomic E-state index is 0.437. The normalized spacial score (nSPS) is 26.1. The zero-order chi connectivity index (χ0) is 15.6. The van der Waals surface area contributed by atoms with Crippen molar-refractivity contribution >= 4 is 11.2 Å². The molecule has 0 radical (unpaired) electrons. The number of aromatic nitrogens is 3. The summed E-state index contributed by atoms with van der Waals surface area (Å²) in [6.07, 6.45) is 8.49. The molecule has 23 heavy (non-hydrogen) atoms. The second-order valence-electron chi connectivity index (χ2n) is 6.91. The Morgan fingerprint density at radius 1 is 1.30 bits per heavy atom. The van der Waals surface area contributed by atoms with Gasteiger partial charge in [-0.3, -0.25) is 9.47 Å². The fourth-order valence-corrected chi connectivity index (χ4v) is 4.26. The molecule has 5 nitrogen and oxygen atoms in total. The van der Waals surface area contributed by atoms with Crippen molar-refractivity contribution in [3.05, 3.63) is 24.2 Å². The highest BCUT2D eigenvalue weighted by molar-refractivity contribution is 5.71. The first-order chi connectivity index (χ1) is 11.4. The van der Waals surface area contributed by atoms with Crippen molar-refractivity contribution in [1.82, 2.24) is 24.8 Å². The molecule has 2 aromatic rings. The van der Waals surface area contributed by atoms with E-state index in [0.29, 0.717) is 12.1 Å². The maximum atomic E-state index is 4.97. The zero-order valence-electron chi connectivity index (χ0n) is 14.0. The molecule has 4 rings (SSSR count). The van der Waals surface area contributed by atoms with Crippen molar-refractivity contribution in [3.8, 4) is 0 Å². The number of hydrogen-bond donors (Lipinski definition) is 1. The van der Waals surface area contributed by atoms with Gasteiger partial charge in [-0.15, -0.1) is 0 Å². The van der Waals surface area contributed by atoms with Crippen LogP contribution in [0.2, 0.25) is 0 Å². The smallest absolute Gasteiger partial charge is 0.161 e. The topological polar surface area (TPSA) is 46.0 Å². The van der Waals surface area contributed by atoms with Crippen LogP contribution in [-0.4, -0.2) is 45.6 Å². The van der Waals surface area contributed by atoms with Gasteiger partial charge in [-0.2, -0.15) is 0 Å². The van der Waals surface area contributed by atoms with Crippen molar-refractivity contribution < 1.29 is 0 Å². The van der Waals surface area contributed by atoms with E-state index in [-0.39, 0.29) is 0 Å². The predicted molar refractivity (Wildman–Crippen MR) is 92.3 cm³/mol. The Hall–Kier alpha value is -1.46. The van der Waals surface area contributed by atoms with Crippen LogP contribution in [0.5, 0.6) is 0 Å². The van der Waals surface area contributed by atoms with Crippen molar-refractivity contribution in [3.63, 3.8) is 0 Å². The number of fused-ring (bicyclic) bond motifs is 1. The molecule has 124 valence electrons. The largest absolute Gasteiger partial charge is 0.316 e. The molecule has 2 atom stereocenters. The van der Waals surface area contributed by atoms with Crippen LogP contribution in [0.4, 0.5) is 0 Å². The first-order valence-corrected chi connectivity index (χ1v) is 9.13. The maximum Gasteiger partial charge on any atom is 0.161 e. The second kappa shape index (κ2) is 6.57. The number of likely N-dealkylation sites (tertiary alicyclic amines) is 1. The molecule has 0 saturated carbocycles. The molecule has 2 unspecified atom stereocenters. The Morgan fingerprint density at radius 3 is 3.09 bits per heavy atom. The zero-order valence-corrected chi connectivity index (χ0v) is 14.0. The molecule has 0 aromatic carbocycles. The van der Waals surface area contributed by atoms with Gasteiger partial charge in [0.25, 0.3) is 0 Å². The molecular formula is C18H27N5. The molecule has 0 aliphatic carbocycles. The summed E-state index contributed by atoms with van der Waals surface area (Å²) in [5.41, 5.74) is 2.12. The second-order valence-corrected chi connectivity index (χ2v) is 6.91. The molecule has 2 aliphatic heterocycles. The van der Waals surface area contributed by atoms with E-state index in [4.69, 9.17) is 4.98 Å². The van der Waals surface area contributed by atoms with E-state index in [1.54, 1.807) is 0 Å². The summed E-state index contributed by atoms with van der Waals surface area (Å²) >= 11 is 0. The fourth-order valence-electron chi connectivity index (χ4n) is 4.26. The molecule has 0 bridgehead atoms. The van der Waals surface area contributed by atoms with Crippen LogP contribution < -0.4 is 5.32 Å². The molecule has 0 amide bonds. The molecule has 2 fully saturated rings. The van der Waals surface area contributed by atoms with Gasteiger partial charge in [0, 0.05) is 19.2 Å². The molecule has 1 N–H and O–H groups in total. The van der Waals surface area contributed by atoms with Gasteiger partial charge in [0.05, 0.1) is 6.17 Å². The summed E-state index contributed by atoms with van der Waals surface area (Å²) in [5.74, 6) is 1.94. The monoisotopic (exact) mass is 313 g/mol. The number of nitrogens with one attached hydrogen (secondary N) is 1. The van der Waals surface area contributed by atoms with Gasteiger partial charge in [0.15, 0.2) is 5.65 Å². The third kappa shape index (κ3) is 2.88. The molecule has 2 saturated heterocycles. The van der Waals surface area contributed by atoms with Crippen LogP contribution in [0.3, 0.4) is 0 Å². The Bertz CT molecular complexity index is 658. The molecule has 0 spiro atoms. The number of nitrogens with zero attached hydrogens (tertiary/aromatic N) is 4. The van der Waals surface area contributed by atoms with Crippen molar-refractivity contribution in [2.45, 2.75) is 45.2 Å². The van der Waals surface area contributed by atoms with E-state index in [9.17, 15) is 0 Å². The molecule has 5 heteroatoms. The van der Waals surface area contributed by atoms with E-state index < -0.39 is 0 Å². The van der Waals surface area contributed by atoms with Gasteiger partial charge >= 0.3 is 0 Å². The SMILES string of the molecule is CCN1CCCC1n1c(CC2CCCNC2)nc2cccnc21. The van der Waals surface area contributed by atoms with Gasteiger partial charge in [-0.1, -0.05) is 6.92 Å². The van der Waals surface area contributed by atoms with E-state index in [0.717, 1.165) is 30.7 Å². The lowest BCUT2D eigenvalue weighted by Crippen LogP contribution is -2.33. The average Bonchev–Trinajstić information content (AvgIpc) is 3.18. The quantitative estimate of drug-likeness (QED) is 0.942. The minimum Gasteiger partial charge on any atom is -0.316 e. The van der Waals surface area contributed by atoms with Crippen LogP contribution in [0.15, 0.2) is 18.3 Å². The van der Waals surface area contributed by atoms with Crippen molar-refractivity contribution in [2.24, 2.45) is 5.92 Å². The summed E-state index contributed by atoms with van der Waals surface area (Å²) in [4.78, 5) is 12.2. The van der Waals surface area contributed by atoms with Gasteiger partial charge in [0.2, 0.25) is 0 Å². The Balaban J connectivity index is 1.72. The third-order valence-electron chi connectivity index (χ3n) is 5.43. The number of imidazole rings is 1. The van der Waals surface area contributed by atoms with Crippen molar-refractivity contribution in [2.75, 3.05) is 26.2 Å². The number of pyridine rings is 1. The summed E-state index contributed by atoms with van der Waals surface area (Å²) in [6.45, 7) is 6.84. The Kier molecular flexibility index (Phi) is 4.31. The molecule has 2 aliphatic rings. The Labute approximate surface area is 138 Å². The molecular weight excluding hydrogens is 286 g/mol. The summed E-state index contributed by atoms with van der Waals surface area (Å²) in [6, 6.07) is 4.10. The lowest BCUT2D eigenvalue weighted by Gasteiger charge is -2.28. The van der Waals surface area contributed by atoms with Crippen LogP contribution in [-0.2, 0) is 6.42 Å². The highest BCUT2D eigenvalue weighted by atomic mass is 15.3. The van der Waals surface area contributed by atoms with Crippen LogP contribution in [0.1, 0.15) is 44.6 Å². The fraction of sp³-hybridized carbons (Fsp3) is 0.667. The van der Waals surface area contributed by atoms with E-state index in [2.05, 4.69) is 32.8 Å². The summed E-state index contributed by atoms with van der Waals surface area (Å²) in [7, 11) is 0. The van der Waals surface area contributed by atoms with Gasteiger partial charge in [-0.05, 0) is 63.4 Å². The maximum absolute atomic E-state index is 4.97. The number of hydrogen-bond acceptors (Lipinski definition) is 4. The van der Waals surface area contributed by atoms with Gasteiger partial charge in [0.1, 0.15) is 11.3 Å². The summed E-state index contributed by atoms with van der Waals surface area (Å²) in [5, 5.41) is 3.53. The first-order valence-electron chi connectivity index (χ1n) is 9.13. The lowest BCUT2D eigenvalue weighted by atomic mass is 9.96. The Morgan fingerprint density at radius 2 is 2.26 bits per heavy atom. The van der Waals surface area contributed by atoms with Crippen LogP contribution in [0.25, 0.3) is 11.2 Å². The predicted octanol–water partition coefficient (Wildman–Crippen LogP) is 2.59. The molecule has 4 heterocycles. The van der Waals surface area contributed by atoms with E-state index in [1.807, 2.05) is 12.3 Å². The number of piperidine rings is 1. The van der Waals surface area contributed by atoms with Gasteiger partial charge < -0.3 is 5.32 Å². The van der Waals surface area contributed by atoms with E-state index >= 15 is 0 Å². The summed E-state index contributed by atoms with van der Waals surface area (Å²) < 4.78 is 2.44. The third-order valence-corrected chi connectivity index (χ3v) is 5.43. The minimum atomic E-state index is 0.437. The van der Waals surface area contributed by atoms with E-state index in [1.165, 1.54) is 44.6 Å². The van der Waals surface area contributed by atoms with Gasteiger partial charge in [-0.25, -0.2) is 9.97 Å². The van der Waals surface area contributed by atoms with Crippen LogP contribution in [0, 0.1) is 5.92 Å². The first kappa shape index (κ1) is 15.1.